The molecule has 0 aliphatic heterocycles. The summed E-state index contributed by atoms with van der Waals surface area (Å²) in [4.78, 5) is 12.2. The molecule has 0 saturated heterocycles. The van der Waals surface area contributed by atoms with E-state index in [-0.39, 0.29) is 6.61 Å². The van der Waals surface area contributed by atoms with Crippen LogP contribution in [0.2, 0.25) is 0 Å². The average molecular weight is 221 g/mol. The SMILES string of the molecule is CN(CCO)c1ccc(/C=C/C(=O)O)cc1. The first-order valence-electron chi connectivity index (χ1n) is 4.96. The van der Waals surface area contributed by atoms with E-state index in [9.17, 15) is 4.79 Å². The number of aliphatic hydroxyl groups is 1. The van der Waals surface area contributed by atoms with Crippen molar-refractivity contribution in [1.82, 2.24) is 0 Å². The fourth-order valence-electron chi connectivity index (χ4n) is 1.29. The minimum Gasteiger partial charge on any atom is -0.478 e. The molecule has 2 N–H and O–H groups in total. The predicted molar refractivity (Wildman–Crippen MR) is 63.5 cm³/mol. The summed E-state index contributed by atoms with van der Waals surface area (Å²) in [5, 5.41) is 17.2. The van der Waals surface area contributed by atoms with Crippen molar-refractivity contribution in [3.63, 3.8) is 0 Å². The maximum absolute atomic E-state index is 10.3. The maximum Gasteiger partial charge on any atom is 0.328 e. The Morgan fingerprint density at radius 2 is 2.00 bits per heavy atom. The number of aliphatic carboxylic acids is 1. The van der Waals surface area contributed by atoms with Gasteiger partial charge in [0.25, 0.3) is 0 Å². The highest BCUT2D eigenvalue weighted by Crippen LogP contribution is 2.14. The van der Waals surface area contributed by atoms with Gasteiger partial charge < -0.3 is 15.1 Å². The lowest BCUT2D eigenvalue weighted by Crippen LogP contribution is -2.20. The molecular weight excluding hydrogens is 206 g/mol. The molecule has 0 aliphatic carbocycles. The Balaban J connectivity index is 2.71. The van der Waals surface area contributed by atoms with Crippen LogP contribution >= 0.6 is 0 Å². The van der Waals surface area contributed by atoms with Crippen LogP contribution in [0.25, 0.3) is 6.08 Å². The molecule has 1 aromatic carbocycles. The van der Waals surface area contributed by atoms with Gasteiger partial charge in [-0.25, -0.2) is 4.79 Å². The number of carboxylic acids is 1. The summed E-state index contributed by atoms with van der Waals surface area (Å²) in [5.74, 6) is -0.957. The molecular formula is C12H15NO3. The molecule has 16 heavy (non-hydrogen) atoms. The van der Waals surface area contributed by atoms with E-state index in [2.05, 4.69) is 0 Å². The van der Waals surface area contributed by atoms with Crippen molar-refractivity contribution in [3.8, 4) is 0 Å². The molecule has 86 valence electrons. The Hall–Kier alpha value is -1.81. The highest BCUT2D eigenvalue weighted by atomic mass is 16.4. The third-order valence-corrected chi connectivity index (χ3v) is 2.19. The van der Waals surface area contributed by atoms with E-state index >= 15 is 0 Å². The van der Waals surface area contributed by atoms with Crippen LogP contribution in [0.5, 0.6) is 0 Å². The summed E-state index contributed by atoms with van der Waals surface area (Å²) in [5.41, 5.74) is 1.82. The van der Waals surface area contributed by atoms with E-state index in [1.54, 1.807) is 0 Å². The van der Waals surface area contributed by atoms with Crippen LogP contribution in [0.15, 0.2) is 30.3 Å². The van der Waals surface area contributed by atoms with E-state index in [0.717, 1.165) is 17.3 Å². The second-order valence-electron chi connectivity index (χ2n) is 3.41. The number of carbonyl (C=O) groups is 1. The Bertz CT molecular complexity index is 370. The molecule has 0 aliphatic rings. The number of aliphatic hydroxyl groups excluding tert-OH is 1. The van der Waals surface area contributed by atoms with Crippen molar-refractivity contribution >= 4 is 17.7 Å². The second-order valence-corrected chi connectivity index (χ2v) is 3.41. The van der Waals surface area contributed by atoms with Crippen LogP contribution < -0.4 is 4.90 Å². The summed E-state index contributed by atoms with van der Waals surface area (Å²) >= 11 is 0. The Morgan fingerprint density at radius 3 is 2.50 bits per heavy atom. The van der Waals surface area contributed by atoms with Gasteiger partial charge in [0.1, 0.15) is 0 Å². The van der Waals surface area contributed by atoms with E-state index in [4.69, 9.17) is 10.2 Å². The summed E-state index contributed by atoms with van der Waals surface area (Å²) < 4.78 is 0. The maximum atomic E-state index is 10.3. The van der Waals surface area contributed by atoms with Gasteiger partial charge >= 0.3 is 5.97 Å². The minimum atomic E-state index is -0.957. The van der Waals surface area contributed by atoms with Crippen LogP contribution in [0.4, 0.5) is 5.69 Å². The van der Waals surface area contributed by atoms with E-state index in [1.807, 2.05) is 36.2 Å². The van der Waals surface area contributed by atoms with E-state index in [1.165, 1.54) is 6.08 Å². The Morgan fingerprint density at radius 1 is 1.38 bits per heavy atom. The standard InChI is InChI=1S/C12H15NO3/c1-13(8-9-14)11-5-2-10(3-6-11)4-7-12(15)16/h2-7,14H,8-9H2,1H3,(H,15,16)/b7-4+. The average Bonchev–Trinajstić information content (AvgIpc) is 2.27. The Labute approximate surface area is 94.4 Å². The summed E-state index contributed by atoms with van der Waals surface area (Å²) in [6, 6.07) is 7.44. The third-order valence-electron chi connectivity index (χ3n) is 2.19. The van der Waals surface area contributed by atoms with Gasteiger partial charge in [0, 0.05) is 25.4 Å². The van der Waals surface area contributed by atoms with E-state index in [0.29, 0.717) is 6.54 Å². The molecule has 1 aromatic rings. The van der Waals surface area contributed by atoms with Gasteiger partial charge in [0.2, 0.25) is 0 Å². The highest BCUT2D eigenvalue weighted by Gasteiger charge is 1.98. The minimum absolute atomic E-state index is 0.108. The molecule has 4 nitrogen and oxygen atoms in total. The van der Waals surface area contributed by atoms with Crippen molar-refractivity contribution in [2.75, 3.05) is 25.1 Å². The summed E-state index contributed by atoms with van der Waals surface area (Å²) in [6.07, 6.45) is 2.64. The third kappa shape index (κ3) is 3.74. The van der Waals surface area contributed by atoms with Gasteiger partial charge in [-0.05, 0) is 23.8 Å². The lowest BCUT2D eigenvalue weighted by molar-refractivity contribution is -0.131. The zero-order valence-electron chi connectivity index (χ0n) is 9.13. The predicted octanol–water partition coefficient (Wildman–Crippen LogP) is 1.21. The van der Waals surface area contributed by atoms with Gasteiger partial charge in [-0.15, -0.1) is 0 Å². The molecule has 0 radical (unpaired) electrons. The number of likely N-dealkylation sites (N-methyl/N-ethyl adjacent to an activating group) is 1. The number of benzene rings is 1. The first-order chi connectivity index (χ1) is 7.63. The normalized spacial score (nSPS) is 10.6. The molecule has 0 aromatic heterocycles. The molecule has 0 amide bonds. The fraction of sp³-hybridized carbons (Fsp3) is 0.250. The van der Waals surface area contributed by atoms with Crippen molar-refractivity contribution in [3.05, 3.63) is 35.9 Å². The lowest BCUT2D eigenvalue weighted by Gasteiger charge is -2.17. The van der Waals surface area contributed by atoms with Crippen LogP contribution in [-0.4, -0.2) is 36.4 Å². The molecule has 0 saturated carbocycles. The Kier molecular flexibility index (Phi) is 4.54. The first kappa shape index (κ1) is 12.3. The van der Waals surface area contributed by atoms with Crippen molar-refractivity contribution < 1.29 is 15.0 Å². The second kappa shape index (κ2) is 5.92. The zero-order valence-corrected chi connectivity index (χ0v) is 9.13. The van der Waals surface area contributed by atoms with Gasteiger partial charge in [-0.3, -0.25) is 0 Å². The van der Waals surface area contributed by atoms with Gasteiger partial charge in [-0.2, -0.15) is 0 Å². The molecule has 0 unspecified atom stereocenters. The zero-order chi connectivity index (χ0) is 12.0. The number of carboxylic acid groups (broad SMARTS) is 1. The van der Waals surface area contributed by atoms with Crippen LogP contribution in [0.3, 0.4) is 0 Å². The summed E-state index contributed by atoms with van der Waals surface area (Å²) in [6.45, 7) is 0.682. The monoisotopic (exact) mass is 221 g/mol. The van der Waals surface area contributed by atoms with Crippen molar-refractivity contribution in [2.45, 2.75) is 0 Å². The first-order valence-corrected chi connectivity index (χ1v) is 4.96. The molecule has 0 atom stereocenters. The molecule has 1 rings (SSSR count). The molecule has 4 heteroatoms. The van der Waals surface area contributed by atoms with Crippen LogP contribution in [0, 0.1) is 0 Å². The smallest absolute Gasteiger partial charge is 0.328 e. The molecule has 0 heterocycles. The summed E-state index contributed by atoms with van der Waals surface area (Å²) in [7, 11) is 1.89. The van der Waals surface area contributed by atoms with Crippen molar-refractivity contribution in [1.29, 1.82) is 0 Å². The number of hydrogen-bond acceptors (Lipinski definition) is 3. The van der Waals surface area contributed by atoms with Crippen LogP contribution in [-0.2, 0) is 4.79 Å². The topological polar surface area (TPSA) is 60.8 Å². The number of anilines is 1. The van der Waals surface area contributed by atoms with Gasteiger partial charge in [-0.1, -0.05) is 12.1 Å². The lowest BCUT2D eigenvalue weighted by atomic mass is 10.2. The number of nitrogens with zero attached hydrogens (tertiary/aromatic N) is 1. The largest absolute Gasteiger partial charge is 0.478 e. The highest BCUT2D eigenvalue weighted by molar-refractivity contribution is 5.85. The molecule has 0 spiro atoms. The van der Waals surface area contributed by atoms with Crippen LogP contribution in [0.1, 0.15) is 5.56 Å². The molecule has 0 fully saturated rings. The van der Waals surface area contributed by atoms with Crippen molar-refractivity contribution in [2.24, 2.45) is 0 Å². The quantitative estimate of drug-likeness (QED) is 0.734. The molecule has 0 bridgehead atoms. The van der Waals surface area contributed by atoms with Gasteiger partial charge in [0.15, 0.2) is 0 Å². The number of hydrogen-bond donors (Lipinski definition) is 2. The fourth-order valence-corrected chi connectivity index (χ4v) is 1.29. The van der Waals surface area contributed by atoms with E-state index < -0.39 is 5.97 Å². The number of rotatable bonds is 5. The van der Waals surface area contributed by atoms with Gasteiger partial charge in [0.05, 0.1) is 6.61 Å².